The Morgan fingerprint density at radius 1 is 1.44 bits per heavy atom. The number of rotatable bonds is 2. The first-order chi connectivity index (χ1) is 4.04. The van der Waals surface area contributed by atoms with Crippen LogP contribution in [0.3, 0.4) is 0 Å². The van der Waals surface area contributed by atoms with E-state index in [1.165, 1.54) is 0 Å². The quantitative estimate of drug-likeness (QED) is 0.573. The van der Waals surface area contributed by atoms with Gasteiger partial charge in [-0.15, -0.1) is 0 Å². The van der Waals surface area contributed by atoms with E-state index in [-0.39, 0.29) is 6.42 Å². The minimum absolute atomic E-state index is 0.295. The van der Waals surface area contributed by atoms with Gasteiger partial charge in [0.15, 0.2) is 0 Å². The van der Waals surface area contributed by atoms with E-state index < -0.39 is 11.8 Å². The summed E-state index contributed by atoms with van der Waals surface area (Å²) < 4.78 is 0.949. The van der Waals surface area contributed by atoms with Crippen molar-refractivity contribution in [3.63, 3.8) is 0 Å². The topological polar surface area (TPSA) is 63.4 Å². The van der Waals surface area contributed by atoms with Gasteiger partial charge in [-0.3, -0.25) is 9.59 Å². The number of hydrogen-bond acceptors (Lipinski definition) is 2. The van der Waals surface area contributed by atoms with E-state index in [9.17, 15) is 9.59 Å². The van der Waals surface area contributed by atoms with E-state index in [1.807, 2.05) is 0 Å². The zero-order chi connectivity index (χ0) is 7.44. The highest BCUT2D eigenvalue weighted by Gasteiger charge is 2.09. The lowest BCUT2D eigenvalue weighted by Gasteiger charge is -2.00. The van der Waals surface area contributed by atoms with Gasteiger partial charge in [-0.05, 0) is 0 Å². The van der Waals surface area contributed by atoms with Gasteiger partial charge in [0.25, 0.3) is 5.91 Å². The predicted molar refractivity (Wildman–Crippen MR) is 38.5 cm³/mol. The summed E-state index contributed by atoms with van der Waals surface area (Å²) in [6.45, 7) is 0. The number of halogens is 2. The monoisotopic (exact) mass is 258 g/mol. The van der Waals surface area contributed by atoms with E-state index in [4.69, 9.17) is 5.73 Å². The van der Waals surface area contributed by atoms with E-state index >= 15 is 0 Å². The lowest BCUT2D eigenvalue weighted by Crippen LogP contribution is -2.20. The Bertz CT molecular complexity index is 136. The number of amides is 2. The van der Waals surface area contributed by atoms with Crippen LogP contribution in [-0.2, 0) is 9.59 Å². The van der Waals surface area contributed by atoms with Crippen molar-refractivity contribution >= 4 is 44.1 Å². The molecule has 0 unspecified atom stereocenters. The van der Waals surface area contributed by atoms with Gasteiger partial charge in [0.1, 0.15) is 6.42 Å². The molecule has 0 aromatic rings. The third-order valence-electron chi connectivity index (χ3n) is 0.514. The molecular formula is C3H4Br2N2O2. The maximum atomic E-state index is 10.5. The van der Waals surface area contributed by atoms with Crippen molar-refractivity contribution in [2.24, 2.45) is 5.73 Å². The van der Waals surface area contributed by atoms with Crippen molar-refractivity contribution in [3.05, 3.63) is 0 Å². The third kappa shape index (κ3) is 4.41. The van der Waals surface area contributed by atoms with Crippen LogP contribution in [0.25, 0.3) is 0 Å². The fraction of sp³-hybridized carbons (Fsp3) is 0.333. The van der Waals surface area contributed by atoms with Gasteiger partial charge < -0.3 is 5.73 Å². The molecule has 0 aromatic carbocycles. The average Bonchev–Trinajstić information content (AvgIpc) is 1.63. The third-order valence-corrected chi connectivity index (χ3v) is 1.31. The number of carbonyl (C=O) groups excluding carboxylic acids is 2. The first kappa shape index (κ1) is 8.90. The van der Waals surface area contributed by atoms with E-state index in [0.29, 0.717) is 0 Å². The van der Waals surface area contributed by atoms with Gasteiger partial charge in [0, 0.05) is 0 Å². The number of hydrogen-bond donors (Lipinski definition) is 1. The molecule has 2 amide bonds. The van der Waals surface area contributed by atoms with Crippen LogP contribution in [0.4, 0.5) is 0 Å². The number of nitrogens with two attached hydrogens (primary N) is 1. The second-order valence-electron chi connectivity index (χ2n) is 1.27. The Labute approximate surface area is 69.0 Å². The maximum Gasteiger partial charge on any atom is 0.252 e. The molecule has 0 saturated carbocycles. The molecule has 0 aromatic heterocycles. The van der Waals surface area contributed by atoms with E-state index in [1.54, 1.807) is 0 Å². The summed E-state index contributed by atoms with van der Waals surface area (Å²) in [5, 5.41) is 0. The summed E-state index contributed by atoms with van der Waals surface area (Å²) in [6, 6.07) is 0. The van der Waals surface area contributed by atoms with Gasteiger partial charge in [-0.2, -0.15) is 0 Å². The van der Waals surface area contributed by atoms with Crippen molar-refractivity contribution < 1.29 is 9.59 Å². The van der Waals surface area contributed by atoms with Gasteiger partial charge in [0.05, 0.1) is 32.3 Å². The van der Waals surface area contributed by atoms with Crippen molar-refractivity contribution in [2.45, 2.75) is 6.42 Å². The van der Waals surface area contributed by atoms with Gasteiger partial charge >= 0.3 is 0 Å². The predicted octanol–water partition coefficient (Wildman–Crippen LogP) is 0.310. The highest BCUT2D eigenvalue weighted by molar-refractivity contribution is 9.21. The molecule has 0 rings (SSSR count). The largest absolute Gasteiger partial charge is 0.369 e. The van der Waals surface area contributed by atoms with Crippen molar-refractivity contribution in [2.75, 3.05) is 0 Å². The molecule has 0 aliphatic carbocycles. The molecule has 0 aliphatic heterocycles. The van der Waals surface area contributed by atoms with Crippen LogP contribution in [0.2, 0.25) is 0 Å². The Balaban J connectivity index is 3.64. The number of carbonyl (C=O) groups is 2. The maximum absolute atomic E-state index is 10.5. The van der Waals surface area contributed by atoms with Gasteiger partial charge in [-0.1, -0.05) is 0 Å². The molecule has 0 bridgehead atoms. The summed E-state index contributed by atoms with van der Waals surface area (Å²) in [7, 11) is 0. The molecule has 4 nitrogen and oxygen atoms in total. The molecule has 0 radical (unpaired) electrons. The average molecular weight is 260 g/mol. The molecule has 0 fully saturated rings. The normalized spacial score (nSPS) is 8.67. The summed E-state index contributed by atoms with van der Waals surface area (Å²) in [5.41, 5.74) is 4.70. The molecule has 9 heavy (non-hydrogen) atoms. The molecule has 0 aliphatic rings. The van der Waals surface area contributed by atoms with Crippen molar-refractivity contribution in [3.8, 4) is 0 Å². The SMILES string of the molecule is NC(=O)CC(=O)N(Br)Br. The van der Waals surface area contributed by atoms with Crippen LogP contribution in [0, 0.1) is 0 Å². The summed E-state index contributed by atoms with van der Waals surface area (Å²) >= 11 is 5.52. The number of primary amides is 1. The highest BCUT2D eigenvalue weighted by Crippen LogP contribution is 2.06. The molecule has 0 spiro atoms. The zero-order valence-corrected chi connectivity index (χ0v) is 7.48. The van der Waals surface area contributed by atoms with Crippen molar-refractivity contribution in [1.29, 1.82) is 0 Å². The smallest absolute Gasteiger partial charge is 0.252 e. The molecule has 2 N–H and O–H groups in total. The number of nitrogens with zero attached hydrogens (tertiary/aromatic N) is 1. The minimum Gasteiger partial charge on any atom is -0.369 e. The summed E-state index contributed by atoms with van der Waals surface area (Å²) in [5.74, 6) is -1.08. The van der Waals surface area contributed by atoms with Crippen LogP contribution >= 0.6 is 32.3 Å². The minimum atomic E-state index is -0.649. The van der Waals surface area contributed by atoms with Crippen LogP contribution < -0.4 is 5.73 Å². The fourth-order valence-electron chi connectivity index (χ4n) is 0.209. The van der Waals surface area contributed by atoms with Crippen LogP contribution in [0.5, 0.6) is 0 Å². The second kappa shape index (κ2) is 3.84. The Hall–Kier alpha value is -0.100. The first-order valence-electron chi connectivity index (χ1n) is 1.97. The van der Waals surface area contributed by atoms with E-state index in [2.05, 4.69) is 32.3 Å². The second-order valence-corrected chi connectivity index (χ2v) is 3.64. The Kier molecular flexibility index (Phi) is 3.79. The zero-order valence-electron chi connectivity index (χ0n) is 4.30. The lowest BCUT2D eigenvalue weighted by molar-refractivity contribution is -0.128. The Morgan fingerprint density at radius 3 is 2.00 bits per heavy atom. The molecule has 6 heteroatoms. The standard InChI is InChI=1S/C3H4Br2N2O2/c4-7(5)3(9)1-2(6)8/h1H2,(H2,6,8). The lowest BCUT2D eigenvalue weighted by atomic mass is 10.4. The molecule has 0 heterocycles. The van der Waals surface area contributed by atoms with Crippen LogP contribution in [-0.4, -0.2) is 14.8 Å². The van der Waals surface area contributed by atoms with Gasteiger partial charge in [0.2, 0.25) is 5.91 Å². The van der Waals surface area contributed by atoms with Crippen LogP contribution in [0.15, 0.2) is 0 Å². The molecule has 52 valence electrons. The molecule has 0 atom stereocenters. The van der Waals surface area contributed by atoms with Crippen LogP contribution in [0.1, 0.15) is 6.42 Å². The summed E-state index contributed by atoms with van der Waals surface area (Å²) in [6.07, 6.45) is -0.295. The Morgan fingerprint density at radius 2 is 1.89 bits per heavy atom. The summed E-state index contributed by atoms with van der Waals surface area (Å²) in [4.78, 5) is 20.5. The van der Waals surface area contributed by atoms with Gasteiger partial charge in [-0.25, -0.2) is 2.95 Å². The molecular weight excluding hydrogens is 256 g/mol. The highest BCUT2D eigenvalue weighted by atomic mass is 79.9. The van der Waals surface area contributed by atoms with E-state index in [0.717, 1.165) is 2.95 Å². The fourth-order valence-corrected chi connectivity index (χ4v) is 0.460. The van der Waals surface area contributed by atoms with Crippen molar-refractivity contribution in [1.82, 2.24) is 2.95 Å². The first-order valence-corrected chi connectivity index (χ1v) is 3.38. The molecule has 0 saturated heterocycles.